The Labute approximate surface area is 92.6 Å². The molecular formula is C11H10ClNO2. The van der Waals surface area contributed by atoms with Crippen LogP contribution in [0.15, 0.2) is 34.9 Å². The molecule has 1 aromatic carbocycles. The van der Waals surface area contributed by atoms with Crippen LogP contribution in [0.2, 0.25) is 5.02 Å². The maximum atomic E-state index is 5.92. The number of aryl methyl sites for hydroxylation is 1. The Balaban J connectivity index is 2.02. The molecule has 0 atom stereocenters. The van der Waals surface area contributed by atoms with Gasteiger partial charge in [-0.05, 0) is 12.1 Å². The van der Waals surface area contributed by atoms with Gasteiger partial charge in [0.2, 0.25) is 0 Å². The lowest BCUT2D eigenvalue weighted by Gasteiger charge is -2.04. The molecule has 2 rings (SSSR count). The fourth-order valence-electron chi connectivity index (χ4n) is 1.18. The van der Waals surface area contributed by atoms with E-state index in [0.717, 1.165) is 0 Å². The van der Waals surface area contributed by atoms with Gasteiger partial charge >= 0.3 is 0 Å². The number of rotatable bonds is 3. The molecule has 0 aliphatic carbocycles. The van der Waals surface area contributed by atoms with Crippen LogP contribution >= 0.6 is 11.6 Å². The van der Waals surface area contributed by atoms with E-state index in [-0.39, 0.29) is 0 Å². The van der Waals surface area contributed by atoms with Crippen molar-refractivity contribution in [2.24, 2.45) is 0 Å². The third-order valence-corrected chi connectivity index (χ3v) is 2.19. The summed E-state index contributed by atoms with van der Waals surface area (Å²) in [6.45, 7) is 2.13. The summed E-state index contributed by atoms with van der Waals surface area (Å²) in [4.78, 5) is 3.97. The molecule has 0 aliphatic heterocycles. The van der Waals surface area contributed by atoms with E-state index in [9.17, 15) is 0 Å². The minimum Gasteiger partial charge on any atom is -0.484 e. The Kier molecular flexibility index (Phi) is 2.92. The van der Waals surface area contributed by atoms with Crippen LogP contribution in [0.3, 0.4) is 0 Å². The Morgan fingerprint density at radius 3 is 2.87 bits per heavy atom. The zero-order valence-electron chi connectivity index (χ0n) is 8.24. The van der Waals surface area contributed by atoms with E-state index in [1.165, 1.54) is 0 Å². The molecule has 0 aliphatic rings. The lowest BCUT2D eigenvalue weighted by atomic mass is 10.3. The first kappa shape index (κ1) is 10.1. The van der Waals surface area contributed by atoms with E-state index in [1.807, 2.05) is 18.2 Å². The molecule has 78 valence electrons. The first-order chi connectivity index (χ1) is 7.25. The Morgan fingerprint density at radius 1 is 1.40 bits per heavy atom. The van der Waals surface area contributed by atoms with Gasteiger partial charge < -0.3 is 9.15 Å². The summed E-state index contributed by atoms with van der Waals surface area (Å²) < 4.78 is 10.7. The highest BCUT2D eigenvalue weighted by Crippen LogP contribution is 2.24. The number of hydrogen-bond acceptors (Lipinski definition) is 3. The Morgan fingerprint density at radius 2 is 2.20 bits per heavy atom. The second kappa shape index (κ2) is 4.36. The first-order valence-electron chi connectivity index (χ1n) is 4.54. The minimum atomic E-state index is 0.338. The van der Waals surface area contributed by atoms with Gasteiger partial charge in [0.05, 0.1) is 11.2 Å². The van der Waals surface area contributed by atoms with Gasteiger partial charge in [0.1, 0.15) is 12.4 Å². The number of oxazole rings is 1. The van der Waals surface area contributed by atoms with Gasteiger partial charge in [0.15, 0.2) is 11.7 Å². The van der Waals surface area contributed by atoms with E-state index in [0.29, 0.717) is 29.0 Å². The number of nitrogens with zero attached hydrogens (tertiary/aromatic N) is 1. The fourth-order valence-corrected chi connectivity index (χ4v) is 1.37. The number of halogens is 1. The van der Waals surface area contributed by atoms with Crippen molar-refractivity contribution in [2.45, 2.75) is 13.5 Å². The second-order valence-corrected chi connectivity index (χ2v) is 3.47. The molecule has 0 saturated carbocycles. The molecule has 1 heterocycles. The highest BCUT2D eigenvalue weighted by atomic mass is 35.5. The van der Waals surface area contributed by atoms with Crippen LogP contribution in [-0.4, -0.2) is 4.98 Å². The predicted molar refractivity (Wildman–Crippen MR) is 57.0 cm³/mol. The van der Waals surface area contributed by atoms with Crippen LogP contribution in [0.4, 0.5) is 0 Å². The van der Waals surface area contributed by atoms with Crippen LogP contribution in [0.5, 0.6) is 5.75 Å². The molecule has 15 heavy (non-hydrogen) atoms. The quantitative estimate of drug-likeness (QED) is 0.802. The van der Waals surface area contributed by atoms with Crippen LogP contribution < -0.4 is 4.74 Å². The zero-order valence-corrected chi connectivity index (χ0v) is 8.99. The zero-order chi connectivity index (χ0) is 10.7. The van der Waals surface area contributed by atoms with E-state index < -0.39 is 0 Å². The van der Waals surface area contributed by atoms with Crippen molar-refractivity contribution < 1.29 is 9.15 Å². The highest BCUT2D eigenvalue weighted by molar-refractivity contribution is 6.32. The molecule has 4 heteroatoms. The van der Waals surface area contributed by atoms with Crippen molar-refractivity contribution >= 4 is 11.6 Å². The molecule has 0 spiro atoms. The molecular weight excluding hydrogens is 214 g/mol. The number of para-hydroxylation sites is 1. The van der Waals surface area contributed by atoms with Crippen molar-refractivity contribution in [3.05, 3.63) is 47.1 Å². The van der Waals surface area contributed by atoms with E-state index in [2.05, 4.69) is 4.98 Å². The Hall–Kier alpha value is -1.48. The summed E-state index contributed by atoms with van der Waals surface area (Å²) in [6, 6.07) is 7.31. The number of ether oxygens (including phenoxy) is 1. The third-order valence-electron chi connectivity index (χ3n) is 1.88. The number of aromatic nitrogens is 1. The number of hydrogen-bond donors (Lipinski definition) is 0. The van der Waals surface area contributed by atoms with E-state index >= 15 is 0 Å². The van der Waals surface area contributed by atoms with E-state index in [1.54, 1.807) is 19.2 Å². The van der Waals surface area contributed by atoms with Crippen molar-refractivity contribution in [3.8, 4) is 5.75 Å². The maximum absolute atomic E-state index is 5.92. The molecule has 3 nitrogen and oxygen atoms in total. The average Bonchev–Trinajstić information content (AvgIpc) is 2.63. The highest BCUT2D eigenvalue weighted by Gasteiger charge is 2.03. The van der Waals surface area contributed by atoms with Gasteiger partial charge in [-0.2, -0.15) is 0 Å². The van der Waals surface area contributed by atoms with Crippen molar-refractivity contribution in [3.63, 3.8) is 0 Å². The summed E-state index contributed by atoms with van der Waals surface area (Å²) >= 11 is 5.92. The van der Waals surface area contributed by atoms with Gasteiger partial charge in [-0.3, -0.25) is 0 Å². The molecule has 0 amide bonds. The summed E-state index contributed by atoms with van der Waals surface area (Å²) in [7, 11) is 0. The van der Waals surface area contributed by atoms with Gasteiger partial charge in [0, 0.05) is 6.92 Å². The SMILES string of the molecule is Cc1ncc(COc2ccccc2Cl)o1. The van der Waals surface area contributed by atoms with Crippen LogP contribution in [0.25, 0.3) is 0 Å². The third kappa shape index (κ3) is 2.50. The molecule has 0 unspecified atom stereocenters. The molecule has 1 aromatic heterocycles. The second-order valence-electron chi connectivity index (χ2n) is 3.06. The van der Waals surface area contributed by atoms with Crippen molar-refractivity contribution in [2.75, 3.05) is 0 Å². The lowest BCUT2D eigenvalue weighted by molar-refractivity contribution is 0.267. The van der Waals surface area contributed by atoms with Crippen LogP contribution in [0, 0.1) is 6.92 Å². The molecule has 0 radical (unpaired) electrons. The predicted octanol–water partition coefficient (Wildman–Crippen LogP) is 3.22. The molecule has 0 N–H and O–H groups in total. The topological polar surface area (TPSA) is 35.3 Å². The maximum Gasteiger partial charge on any atom is 0.191 e. The van der Waals surface area contributed by atoms with Crippen molar-refractivity contribution in [1.29, 1.82) is 0 Å². The number of benzene rings is 1. The van der Waals surface area contributed by atoms with Crippen LogP contribution in [0.1, 0.15) is 11.7 Å². The normalized spacial score (nSPS) is 10.3. The molecule has 0 fully saturated rings. The monoisotopic (exact) mass is 223 g/mol. The average molecular weight is 224 g/mol. The summed E-state index contributed by atoms with van der Waals surface area (Å²) in [6.07, 6.45) is 1.65. The van der Waals surface area contributed by atoms with Gasteiger partial charge in [-0.25, -0.2) is 4.98 Å². The van der Waals surface area contributed by atoms with Gasteiger partial charge in [-0.15, -0.1) is 0 Å². The molecule has 0 saturated heterocycles. The summed E-state index contributed by atoms with van der Waals surface area (Å²) in [5.41, 5.74) is 0. The summed E-state index contributed by atoms with van der Waals surface area (Å²) in [5.74, 6) is 1.97. The van der Waals surface area contributed by atoms with Gasteiger partial charge in [0.25, 0.3) is 0 Å². The summed E-state index contributed by atoms with van der Waals surface area (Å²) in [5, 5.41) is 0.591. The van der Waals surface area contributed by atoms with Gasteiger partial charge in [-0.1, -0.05) is 23.7 Å². The molecule has 0 bridgehead atoms. The lowest BCUT2D eigenvalue weighted by Crippen LogP contribution is -1.93. The molecule has 2 aromatic rings. The first-order valence-corrected chi connectivity index (χ1v) is 4.92. The standard InChI is InChI=1S/C11H10ClNO2/c1-8-13-6-9(15-8)7-14-11-5-3-2-4-10(11)12/h2-6H,7H2,1H3. The van der Waals surface area contributed by atoms with E-state index in [4.69, 9.17) is 20.8 Å². The Bertz CT molecular complexity index is 453. The van der Waals surface area contributed by atoms with Crippen molar-refractivity contribution in [1.82, 2.24) is 4.98 Å². The van der Waals surface area contributed by atoms with Crippen LogP contribution in [-0.2, 0) is 6.61 Å². The largest absolute Gasteiger partial charge is 0.484 e. The smallest absolute Gasteiger partial charge is 0.191 e. The minimum absolute atomic E-state index is 0.338. The fraction of sp³-hybridized carbons (Fsp3) is 0.182.